The lowest BCUT2D eigenvalue weighted by Crippen LogP contribution is -2.27. The minimum Gasteiger partial charge on any atom is -0.396 e. The minimum absolute atomic E-state index is 0.174. The molecule has 112 valence electrons. The fourth-order valence-electron chi connectivity index (χ4n) is 3.75. The average molecular weight is 292 g/mol. The van der Waals surface area contributed by atoms with Crippen molar-refractivity contribution in [2.24, 2.45) is 11.8 Å². The number of aromatic nitrogens is 2. The molecule has 3 heteroatoms. The highest BCUT2D eigenvalue weighted by Crippen LogP contribution is 2.37. The second kappa shape index (κ2) is 5.25. The van der Waals surface area contributed by atoms with E-state index < -0.39 is 0 Å². The van der Waals surface area contributed by atoms with E-state index in [1.807, 2.05) is 12.1 Å². The first-order valence-electron chi connectivity index (χ1n) is 7.91. The Morgan fingerprint density at radius 2 is 2.23 bits per heavy atom. The lowest BCUT2D eigenvalue weighted by molar-refractivity contribution is 0.188. The van der Waals surface area contributed by atoms with Crippen LogP contribution in [0, 0.1) is 11.8 Å². The Morgan fingerprint density at radius 1 is 1.36 bits per heavy atom. The van der Waals surface area contributed by atoms with Crippen molar-refractivity contribution < 1.29 is 5.11 Å². The Bertz CT molecular complexity index is 804. The zero-order chi connectivity index (χ0) is 15.1. The highest BCUT2D eigenvalue weighted by atomic mass is 16.3. The van der Waals surface area contributed by atoms with E-state index in [-0.39, 0.29) is 12.5 Å². The van der Waals surface area contributed by atoms with Gasteiger partial charge in [-0.2, -0.15) is 0 Å². The largest absolute Gasteiger partial charge is 0.396 e. The molecule has 0 aliphatic carbocycles. The first-order valence-corrected chi connectivity index (χ1v) is 7.91. The Hall–Kier alpha value is -2.13. The fraction of sp³-hybridized carbons (Fsp3) is 0.316. The van der Waals surface area contributed by atoms with Crippen LogP contribution in [-0.2, 0) is 13.0 Å². The van der Waals surface area contributed by atoms with E-state index in [4.69, 9.17) is 4.98 Å². The highest BCUT2D eigenvalue weighted by molar-refractivity contribution is 5.97. The lowest BCUT2D eigenvalue weighted by Gasteiger charge is -2.31. The Morgan fingerprint density at radius 3 is 3.05 bits per heavy atom. The summed E-state index contributed by atoms with van der Waals surface area (Å²) in [6.45, 7) is 5.05. The molecule has 0 spiro atoms. The number of rotatable bonds is 3. The van der Waals surface area contributed by atoms with Crippen LogP contribution in [0.15, 0.2) is 49.2 Å². The summed E-state index contributed by atoms with van der Waals surface area (Å²) in [5, 5.41) is 10.8. The van der Waals surface area contributed by atoms with Crippen molar-refractivity contribution in [3.63, 3.8) is 0 Å². The van der Waals surface area contributed by atoms with Crippen LogP contribution in [0.3, 0.4) is 0 Å². The number of aliphatic hydroxyl groups is 1. The predicted molar refractivity (Wildman–Crippen MR) is 88.9 cm³/mol. The summed E-state index contributed by atoms with van der Waals surface area (Å²) >= 11 is 0. The first kappa shape index (κ1) is 13.5. The first-order chi connectivity index (χ1) is 10.8. The van der Waals surface area contributed by atoms with Gasteiger partial charge in [0.05, 0.1) is 11.2 Å². The van der Waals surface area contributed by atoms with Crippen LogP contribution in [0.5, 0.6) is 0 Å². The molecule has 1 aromatic carbocycles. The van der Waals surface area contributed by atoms with Crippen LogP contribution in [0.2, 0.25) is 0 Å². The van der Waals surface area contributed by atoms with Crippen molar-refractivity contribution in [1.29, 1.82) is 0 Å². The molecule has 3 nitrogen and oxygen atoms in total. The van der Waals surface area contributed by atoms with E-state index in [0.717, 1.165) is 30.6 Å². The molecule has 0 saturated heterocycles. The van der Waals surface area contributed by atoms with E-state index in [0.29, 0.717) is 5.92 Å². The molecule has 22 heavy (non-hydrogen) atoms. The minimum atomic E-state index is 0.174. The highest BCUT2D eigenvalue weighted by Gasteiger charge is 2.27. The van der Waals surface area contributed by atoms with Crippen molar-refractivity contribution in [2.75, 3.05) is 6.61 Å². The van der Waals surface area contributed by atoms with Gasteiger partial charge in [-0.3, -0.25) is 0 Å². The molecule has 1 unspecified atom stereocenters. The maximum atomic E-state index is 9.56. The van der Waals surface area contributed by atoms with Gasteiger partial charge in [0, 0.05) is 41.9 Å². The van der Waals surface area contributed by atoms with E-state index in [9.17, 15) is 5.11 Å². The van der Waals surface area contributed by atoms with Crippen molar-refractivity contribution in [3.05, 3.63) is 54.9 Å². The second-order valence-corrected chi connectivity index (χ2v) is 6.18. The maximum absolute atomic E-state index is 9.56. The van der Waals surface area contributed by atoms with Crippen LogP contribution in [-0.4, -0.2) is 21.3 Å². The van der Waals surface area contributed by atoms with Gasteiger partial charge in [0.1, 0.15) is 0 Å². The normalized spacial score (nSPS) is 19.2. The molecule has 3 aliphatic rings. The Kier molecular flexibility index (Phi) is 3.23. The van der Waals surface area contributed by atoms with Crippen molar-refractivity contribution in [2.45, 2.75) is 19.4 Å². The molecular weight excluding hydrogens is 272 g/mol. The lowest BCUT2D eigenvalue weighted by atomic mass is 9.83. The number of fused-ring (bicyclic) bond motifs is 5. The Labute approximate surface area is 130 Å². The van der Waals surface area contributed by atoms with Crippen LogP contribution in [0.4, 0.5) is 0 Å². The van der Waals surface area contributed by atoms with Gasteiger partial charge in [0.2, 0.25) is 0 Å². The Balaban J connectivity index is 1.83. The summed E-state index contributed by atoms with van der Waals surface area (Å²) in [6.07, 6.45) is 6.12. The number of benzene rings is 1. The third kappa shape index (κ3) is 1.97. The maximum Gasteiger partial charge on any atom is 0.0911 e. The number of hydrogen-bond donors (Lipinski definition) is 1. The molecule has 0 saturated carbocycles. The van der Waals surface area contributed by atoms with E-state index in [1.54, 1.807) is 0 Å². The number of nitrogens with zero attached hydrogens (tertiary/aromatic N) is 2. The fourth-order valence-corrected chi connectivity index (χ4v) is 3.75. The van der Waals surface area contributed by atoms with Gasteiger partial charge in [-0.25, -0.2) is 4.98 Å². The molecule has 0 aromatic heterocycles. The predicted octanol–water partition coefficient (Wildman–Crippen LogP) is 3.50. The number of aryl methyl sites for hydroxylation is 1. The number of hydrogen-bond acceptors (Lipinski definition) is 2. The summed E-state index contributed by atoms with van der Waals surface area (Å²) in [5.41, 5.74) is 4.72. The molecule has 0 fully saturated rings. The van der Waals surface area contributed by atoms with Gasteiger partial charge < -0.3 is 9.67 Å². The van der Waals surface area contributed by atoms with Crippen molar-refractivity contribution >= 4 is 10.9 Å². The van der Waals surface area contributed by atoms with Crippen LogP contribution < -0.4 is 0 Å². The zero-order valence-electron chi connectivity index (χ0n) is 12.6. The van der Waals surface area contributed by atoms with Gasteiger partial charge in [-0.1, -0.05) is 24.3 Å². The molecule has 0 radical (unpaired) electrons. The van der Waals surface area contributed by atoms with Crippen LogP contribution >= 0.6 is 0 Å². The summed E-state index contributed by atoms with van der Waals surface area (Å²) in [5.74, 6) is 0.626. The number of aliphatic hydroxyl groups excluding tert-OH is 1. The SMILES string of the molecule is C=CC(CO)[C@H]1CCn2ccc3c4ccccc4nc-3c2C1. The summed E-state index contributed by atoms with van der Waals surface area (Å²) in [7, 11) is 0. The monoisotopic (exact) mass is 292 g/mol. The molecule has 0 amide bonds. The topological polar surface area (TPSA) is 38.0 Å². The zero-order valence-corrected chi connectivity index (χ0v) is 12.6. The van der Waals surface area contributed by atoms with Crippen molar-refractivity contribution in [1.82, 2.24) is 9.55 Å². The van der Waals surface area contributed by atoms with E-state index in [2.05, 4.69) is 41.6 Å². The third-order valence-corrected chi connectivity index (χ3v) is 5.04. The van der Waals surface area contributed by atoms with Gasteiger partial charge >= 0.3 is 0 Å². The standard InChI is InChI=1S/C19H20N2O/c1-2-13(12-22)14-7-9-21-10-8-16-15-5-3-4-6-17(15)20-19(16)18(21)11-14/h2-6,8,10,13-14,22H,1,7,9,11-12H2/t13?,14-/m0/s1. The van der Waals surface area contributed by atoms with Gasteiger partial charge in [-0.15, -0.1) is 6.58 Å². The molecular formula is C19H20N2O. The molecule has 3 heterocycles. The number of pyridine rings is 1. The molecule has 4 rings (SSSR count). The molecule has 0 bridgehead atoms. The smallest absolute Gasteiger partial charge is 0.0911 e. The molecule has 1 N–H and O–H groups in total. The molecule has 2 atom stereocenters. The quantitative estimate of drug-likeness (QED) is 0.750. The van der Waals surface area contributed by atoms with Gasteiger partial charge in [0.15, 0.2) is 0 Å². The average Bonchev–Trinajstić information content (AvgIpc) is 2.95. The molecule has 3 aliphatic heterocycles. The summed E-state index contributed by atoms with van der Waals surface area (Å²) in [6, 6.07) is 10.5. The number of para-hydroxylation sites is 1. The summed E-state index contributed by atoms with van der Waals surface area (Å²) in [4.78, 5) is 4.86. The van der Waals surface area contributed by atoms with Crippen molar-refractivity contribution in [3.8, 4) is 11.3 Å². The molecule has 1 aromatic rings. The van der Waals surface area contributed by atoms with E-state index >= 15 is 0 Å². The second-order valence-electron chi connectivity index (χ2n) is 6.18. The van der Waals surface area contributed by atoms with Crippen LogP contribution in [0.1, 0.15) is 12.1 Å². The third-order valence-electron chi connectivity index (χ3n) is 5.04. The summed E-state index contributed by atoms with van der Waals surface area (Å²) < 4.78 is 2.32. The van der Waals surface area contributed by atoms with Crippen LogP contribution in [0.25, 0.3) is 22.2 Å². The van der Waals surface area contributed by atoms with Gasteiger partial charge in [-0.05, 0) is 30.9 Å². The van der Waals surface area contributed by atoms with E-state index in [1.165, 1.54) is 16.6 Å². The van der Waals surface area contributed by atoms with Gasteiger partial charge in [0.25, 0.3) is 0 Å².